The number of hydrogen-bond acceptors (Lipinski definition) is 10. The fourth-order valence-corrected chi connectivity index (χ4v) is 5.09. The van der Waals surface area contributed by atoms with Crippen LogP contribution < -0.4 is 9.47 Å². The normalized spacial score (nSPS) is 23.2. The molecule has 1 aliphatic carbocycles. The average molecular weight is 504 g/mol. The van der Waals surface area contributed by atoms with E-state index in [-0.39, 0.29) is 44.8 Å². The third-order valence-corrected chi connectivity index (χ3v) is 6.74. The molecular formula is C25H29NO10. The van der Waals surface area contributed by atoms with E-state index in [9.17, 15) is 19.2 Å². The fraction of sp³-hybridized carbons (Fsp3) is 0.520. The molecule has 0 bridgehead atoms. The van der Waals surface area contributed by atoms with Crippen LogP contribution in [0.1, 0.15) is 25.3 Å². The van der Waals surface area contributed by atoms with Gasteiger partial charge in [0.05, 0.1) is 41.2 Å². The van der Waals surface area contributed by atoms with Crippen LogP contribution in [0.3, 0.4) is 0 Å². The first-order chi connectivity index (χ1) is 17.3. The summed E-state index contributed by atoms with van der Waals surface area (Å²) < 4.78 is 32.4. The smallest absolute Gasteiger partial charge is 0.329 e. The lowest BCUT2D eigenvalue weighted by atomic mass is 9.72. The number of nitrogens with zero attached hydrogens (tertiary/aromatic N) is 1. The standard InChI is InChI=1S/C25H29NO10/c1-5-34-23(30)25-14-24(35-10-11-36-24)9-8-19(25)26(21(28)20(25)27)16(22(29)33-4)12-15-6-7-17(31-2)18(13-15)32-3/h6-8,13,16H,5,9-12,14H2,1-4H3/t16-,25+/m0/s1. The number of carbonyl (C=O) groups excluding carboxylic acids is 4. The van der Waals surface area contributed by atoms with E-state index < -0.39 is 40.9 Å². The van der Waals surface area contributed by atoms with Gasteiger partial charge in [0.2, 0.25) is 5.78 Å². The Morgan fingerprint density at radius 1 is 1.08 bits per heavy atom. The average Bonchev–Trinajstić information content (AvgIpc) is 3.43. The molecule has 0 N–H and O–H groups in total. The van der Waals surface area contributed by atoms with Gasteiger partial charge in [0.1, 0.15) is 6.04 Å². The Morgan fingerprint density at radius 3 is 2.39 bits per heavy atom. The second-order valence-corrected chi connectivity index (χ2v) is 8.64. The molecule has 2 atom stereocenters. The molecule has 0 aromatic heterocycles. The number of rotatable bonds is 8. The summed E-state index contributed by atoms with van der Waals surface area (Å²) in [6, 6.07) is 3.82. The Kier molecular flexibility index (Phi) is 7.05. The van der Waals surface area contributed by atoms with Crippen molar-refractivity contribution in [1.29, 1.82) is 0 Å². The zero-order valence-corrected chi connectivity index (χ0v) is 20.7. The van der Waals surface area contributed by atoms with Crippen LogP contribution in [0.25, 0.3) is 0 Å². The zero-order valence-electron chi connectivity index (χ0n) is 20.7. The molecule has 1 spiro atoms. The van der Waals surface area contributed by atoms with Gasteiger partial charge in [0.15, 0.2) is 22.7 Å². The Labute approximate surface area is 208 Å². The van der Waals surface area contributed by atoms with Gasteiger partial charge in [-0.05, 0) is 24.6 Å². The summed E-state index contributed by atoms with van der Waals surface area (Å²) >= 11 is 0. The Bertz CT molecular complexity index is 1110. The van der Waals surface area contributed by atoms with Crippen molar-refractivity contribution in [1.82, 2.24) is 4.90 Å². The van der Waals surface area contributed by atoms with E-state index in [4.69, 9.17) is 28.4 Å². The highest BCUT2D eigenvalue weighted by Crippen LogP contribution is 2.53. The van der Waals surface area contributed by atoms with Crippen LogP contribution in [0.5, 0.6) is 11.5 Å². The summed E-state index contributed by atoms with van der Waals surface area (Å²) in [7, 11) is 4.17. The predicted molar refractivity (Wildman–Crippen MR) is 122 cm³/mol. The van der Waals surface area contributed by atoms with E-state index in [0.29, 0.717) is 17.1 Å². The van der Waals surface area contributed by atoms with Gasteiger partial charge in [-0.25, -0.2) is 4.79 Å². The van der Waals surface area contributed by atoms with E-state index in [1.54, 1.807) is 31.2 Å². The van der Waals surface area contributed by atoms with Crippen molar-refractivity contribution in [3.8, 4) is 11.5 Å². The molecule has 194 valence electrons. The van der Waals surface area contributed by atoms with Crippen LogP contribution in [0.4, 0.5) is 0 Å². The Morgan fingerprint density at radius 2 is 1.78 bits per heavy atom. The number of benzene rings is 1. The van der Waals surface area contributed by atoms with Crippen molar-refractivity contribution in [2.24, 2.45) is 5.41 Å². The minimum atomic E-state index is -1.99. The first kappa shape index (κ1) is 25.6. The summed E-state index contributed by atoms with van der Waals surface area (Å²) in [5, 5.41) is 0. The second kappa shape index (κ2) is 9.90. The van der Waals surface area contributed by atoms with E-state index in [1.165, 1.54) is 21.3 Å². The molecule has 11 heteroatoms. The number of Topliss-reactive ketones (excluding diaryl/α,β-unsaturated/α-hetero) is 1. The maximum Gasteiger partial charge on any atom is 0.329 e. The number of fused-ring (bicyclic) bond motifs is 1. The van der Waals surface area contributed by atoms with Crippen LogP contribution in [0.15, 0.2) is 30.0 Å². The molecule has 3 aliphatic rings. The Hall–Kier alpha value is -3.44. The first-order valence-electron chi connectivity index (χ1n) is 11.6. The van der Waals surface area contributed by atoms with Crippen LogP contribution in [-0.2, 0) is 44.5 Å². The van der Waals surface area contributed by atoms with Gasteiger partial charge in [-0.15, -0.1) is 0 Å². The molecule has 1 aromatic rings. The highest BCUT2D eigenvalue weighted by Gasteiger charge is 2.68. The van der Waals surface area contributed by atoms with Crippen molar-refractivity contribution in [2.45, 2.75) is 38.0 Å². The molecule has 2 saturated heterocycles. The summed E-state index contributed by atoms with van der Waals surface area (Å²) in [6.45, 7) is 2.18. The maximum absolute atomic E-state index is 13.5. The lowest BCUT2D eigenvalue weighted by Gasteiger charge is -2.40. The van der Waals surface area contributed by atoms with Crippen molar-refractivity contribution < 1.29 is 47.6 Å². The number of esters is 2. The third kappa shape index (κ3) is 4.01. The number of methoxy groups -OCH3 is 3. The fourth-order valence-electron chi connectivity index (χ4n) is 5.09. The molecule has 11 nitrogen and oxygen atoms in total. The lowest BCUT2D eigenvalue weighted by molar-refractivity contribution is -0.193. The lowest BCUT2D eigenvalue weighted by Crippen LogP contribution is -2.51. The molecule has 2 fully saturated rings. The highest BCUT2D eigenvalue weighted by molar-refractivity contribution is 6.46. The van der Waals surface area contributed by atoms with Crippen molar-refractivity contribution in [3.63, 3.8) is 0 Å². The van der Waals surface area contributed by atoms with Crippen molar-refractivity contribution in [2.75, 3.05) is 41.2 Å². The monoisotopic (exact) mass is 503 g/mol. The SMILES string of the molecule is CCOC(=O)[C@]12CC3(CC=C1N([C@@H](Cc1ccc(OC)c(OC)c1)C(=O)OC)C(=O)C2=O)OCCO3. The zero-order chi connectivity index (χ0) is 26.1. The van der Waals surface area contributed by atoms with Crippen molar-refractivity contribution >= 4 is 23.6 Å². The summed E-state index contributed by atoms with van der Waals surface area (Å²) in [5.74, 6) is -3.94. The first-order valence-corrected chi connectivity index (χ1v) is 11.6. The van der Waals surface area contributed by atoms with Crippen LogP contribution >= 0.6 is 0 Å². The minimum Gasteiger partial charge on any atom is -0.493 e. The van der Waals surface area contributed by atoms with Gasteiger partial charge >= 0.3 is 11.9 Å². The van der Waals surface area contributed by atoms with Crippen molar-refractivity contribution in [3.05, 3.63) is 35.5 Å². The molecule has 2 aliphatic heterocycles. The molecule has 4 rings (SSSR count). The van der Waals surface area contributed by atoms with Gasteiger partial charge in [-0.3, -0.25) is 19.3 Å². The molecule has 0 saturated carbocycles. The summed E-state index contributed by atoms with van der Waals surface area (Å²) in [5.41, 5.74) is -1.29. The van der Waals surface area contributed by atoms with E-state index >= 15 is 0 Å². The Balaban J connectivity index is 1.79. The van der Waals surface area contributed by atoms with Crippen LogP contribution in [-0.4, -0.2) is 81.5 Å². The van der Waals surface area contributed by atoms with E-state index in [2.05, 4.69) is 0 Å². The maximum atomic E-state index is 13.5. The number of amides is 1. The minimum absolute atomic E-state index is 0.00385. The van der Waals surface area contributed by atoms with Gasteiger partial charge in [0.25, 0.3) is 5.91 Å². The molecule has 1 amide bonds. The summed E-state index contributed by atoms with van der Waals surface area (Å²) in [6.07, 6.45) is 1.50. The number of ether oxygens (including phenoxy) is 6. The van der Waals surface area contributed by atoms with Gasteiger partial charge in [0, 0.05) is 25.0 Å². The molecular weight excluding hydrogens is 474 g/mol. The van der Waals surface area contributed by atoms with Crippen LogP contribution in [0, 0.1) is 5.41 Å². The van der Waals surface area contributed by atoms with Crippen LogP contribution in [0.2, 0.25) is 0 Å². The number of hydrogen-bond donors (Lipinski definition) is 0. The number of likely N-dealkylation sites (tertiary alicyclic amines) is 1. The van der Waals surface area contributed by atoms with E-state index in [1.807, 2.05) is 0 Å². The topological polar surface area (TPSA) is 127 Å². The number of carbonyl (C=O) groups is 4. The molecule has 0 unspecified atom stereocenters. The van der Waals surface area contributed by atoms with Gasteiger partial charge < -0.3 is 28.4 Å². The van der Waals surface area contributed by atoms with Gasteiger partial charge in [-0.1, -0.05) is 12.1 Å². The predicted octanol–water partition coefficient (Wildman–Crippen LogP) is 1.17. The summed E-state index contributed by atoms with van der Waals surface area (Å²) in [4.78, 5) is 54.3. The molecule has 1 aromatic carbocycles. The van der Waals surface area contributed by atoms with E-state index in [0.717, 1.165) is 4.90 Å². The highest BCUT2D eigenvalue weighted by atomic mass is 16.7. The quantitative estimate of drug-likeness (QED) is 0.290. The third-order valence-electron chi connectivity index (χ3n) is 6.74. The molecule has 0 radical (unpaired) electrons. The molecule has 2 heterocycles. The second-order valence-electron chi connectivity index (χ2n) is 8.64. The van der Waals surface area contributed by atoms with Gasteiger partial charge in [-0.2, -0.15) is 0 Å². The number of ketones is 1. The molecule has 36 heavy (non-hydrogen) atoms. The largest absolute Gasteiger partial charge is 0.493 e.